The van der Waals surface area contributed by atoms with Gasteiger partial charge in [0.1, 0.15) is 0 Å². The van der Waals surface area contributed by atoms with Crippen molar-refractivity contribution in [2.75, 3.05) is 11.5 Å². The first-order valence-corrected chi connectivity index (χ1v) is 16.0. The van der Waals surface area contributed by atoms with Gasteiger partial charge < -0.3 is 0 Å². The maximum atomic E-state index is 13.0. The van der Waals surface area contributed by atoms with Crippen LogP contribution in [0.1, 0.15) is 18.9 Å². The lowest BCUT2D eigenvalue weighted by molar-refractivity contribution is 0.587. The second-order valence-corrected chi connectivity index (χ2v) is 15.8. The predicted molar refractivity (Wildman–Crippen MR) is 140 cm³/mol. The molecule has 4 rings (SSSR count). The monoisotopic (exact) mass is 542 g/mol. The molecule has 3 heterocycles. The molecule has 0 fully saturated rings. The van der Waals surface area contributed by atoms with Crippen LogP contribution in [-0.2, 0) is 10.0 Å². The highest BCUT2D eigenvalue weighted by atomic mass is 32.3. The minimum Gasteiger partial charge on any atom is -0.247 e. The molecule has 0 spiro atoms. The third-order valence-corrected chi connectivity index (χ3v) is 14.2. The summed E-state index contributed by atoms with van der Waals surface area (Å²) in [5.41, 5.74) is 1.03. The zero-order chi connectivity index (χ0) is 22.0. The van der Waals surface area contributed by atoms with Crippen LogP contribution in [0.3, 0.4) is 0 Å². The fourth-order valence-corrected chi connectivity index (χ4v) is 12.5. The van der Waals surface area contributed by atoms with Crippen molar-refractivity contribution in [3.8, 4) is 6.07 Å². The molecule has 2 aliphatic heterocycles. The van der Waals surface area contributed by atoms with Crippen molar-refractivity contribution in [3.05, 3.63) is 59.2 Å². The van der Waals surface area contributed by atoms with Crippen LogP contribution in [0.5, 0.6) is 0 Å². The molecule has 11 heteroatoms. The highest BCUT2D eigenvalue weighted by molar-refractivity contribution is 8.42. The van der Waals surface area contributed by atoms with Crippen LogP contribution in [0.15, 0.2) is 68.3 Å². The SMILES string of the molecule is CCSC1=C(SCCC#N)SC(=C2Sc3cn(S(=O)(=O)c4ccc(C)cc4)cc3S2)S1. The molecule has 2 aliphatic rings. The van der Waals surface area contributed by atoms with Crippen molar-refractivity contribution >= 4 is 80.6 Å². The lowest BCUT2D eigenvalue weighted by Gasteiger charge is -2.07. The Morgan fingerprint density at radius 2 is 1.55 bits per heavy atom. The van der Waals surface area contributed by atoms with Crippen molar-refractivity contribution < 1.29 is 8.42 Å². The third-order valence-electron chi connectivity index (χ3n) is 4.16. The summed E-state index contributed by atoms with van der Waals surface area (Å²) in [6.45, 7) is 4.09. The summed E-state index contributed by atoms with van der Waals surface area (Å²) in [5, 5.41) is 8.82. The first-order chi connectivity index (χ1) is 14.9. The zero-order valence-electron chi connectivity index (χ0n) is 16.7. The first-order valence-electron chi connectivity index (χ1n) is 9.29. The number of hydrogen-bond acceptors (Lipinski definition) is 9. The fourth-order valence-electron chi connectivity index (χ4n) is 2.68. The first kappa shape index (κ1) is 23.7. The van der Waals surface area contributed by atoms with E-state index in [4.69, 9.17) is 5.26 Å². The number of rotatable bonds is 7. The standard InChI is InChI=1S/C20H18N2O2S7/c1-3-25-17-18(26-10-4-9-21)30-20(29-17)19-27-15-11-22(12-16(15)28-19)31(23,24)14-7-5-13(2)6-8-14/h5-8,11-12H,3-4,10H2,1-2H3. The van der Waals surface area contributed by atoms with Gasteiger partial charge in [0, 0.05) is 34.4 Å². The molecule has 0 radical (unpaired) electrons. The second-order valence-electron chi connectivity index (χ2n) is 6.38. The normalized spacial score (nSPS) is 16.2. The number of hydrogen-bond donors (Lipinski definition) is 0. The van der Waals surface area contributed by atoms with Gasteiger partial charge in [-0.15, -0.1) is 23.5 Å². The molecule has 31 heavy (non-hydrogen) atoms. The number of nitrogens with zero attached hydrogens (tertiary/aromatic N) is 2. The van der Waals surface area contributed by atoms with Gasteiger partial charge in [-0.25, -0.2) is 12.4 Å². The molecule has 1 aromatic heterocycles. The van der Waals surface area contributed by atoms with Crippen LogP contribution >= 0.6 is 70.6 Å². The molecular formula is C20H18N2O2S7. The average Bonchev–Trinajstić information content (AvgIpc) is 3.42. The van der Waals surface area contributed by atoms with Gasteiger partial charge >= 0.3 is 0 Å². The summed E-state index contributed by atoms with van der Waals surface area (Å²) in [6, 6.07) is 9.14. The summed E-state index contributed by atoms with van der Waals surface area (Å²) in [6.07, 6.45) is 3.99. The molecule has 0 amide bonds. The largest absolute Gasteiger partial charge is 0.267 e. The van der Waals surface area contributed by atoms with Gasteiger partial charge in [-0.1, -0.05) is 71.7 Å². The Morgan fingerprint density at radius 3 is 2.13 bits per heavy atom. The number of fused-ring (bicyclic) bond motifs is 1. The fraction of sp³-hybridized carbons (Fsp3) is 0.250. The molecule has 0 unspecified atom stereocenters. The van der Waals surface area contributed by atoms with E-state index in [2.05, 4.69) is 13.0 Å². The third kappa shape index (κ3) is 5.21. The summed E-state index contributed by atoms with van der Waals surface area (Å²) in [4.78, 5) is 2.24. The maximum absolute atomic E-state index is 13.0. The Hall–Kier alpha value is -0.480. The Kier molecular flexibility index (Phi) is 7.79. The van der Waals surface area contributed by atoms with Crippen molar-refractivity contribution in [2.24, 2.45) is 0 Å². The number of aryl methyl sites for hydroxylation is 1. The molecule has 0 atom stereocenters. The van der Waals surface area contributed by atoms with E-state index in [1.807, 2.05) is 30.8 Å². The summed E-state index contributed by atoms with van der Waals surface area (Å²) < 4.78 is 32.3. The van der Waals surface area contributed by atoms with Crippen LogP contribution in [0.4, 0.5) is 0 Å². The second kappa shape index (κ2) is 10.2. The molecule has 0 saturated heterocycles. The van der Waals surface area contributed by atoms with Crippen molar-refractivity contribution in [1.29, 1.82) is 5.26 Å². The summed E-state index contributed by atoms with van der Waals surface area (Å²) in [7, 11) is -3.59. The minimum absolute atomic E-state index is 0.298. The Labute approximate surface area is 208 Å². The van der Waals surface area contributed by atoms with Crippen LogP contribution in [0.2, 0.25) is 0 Å². The van der Waals surface area contributed by atoms with E-state index in [0.717, 1.165) is 26.9 Å². The molecule has 4 nitrogen and oxygen atoms in total. The van der Waals surface area contributed by atoms with E-state index >= 15 is 0 Å². The topological polar surface area (TPSA) is 62.9 Å². The van der Waals surface area contributed by atoms with Gasteiger partial charge in [-0.2, -0.15) is 5.26 Å². The molecule has 1 aromatic carbocycles. The quantitative estimate of drug-likeness (QED) is 0.334. The lowest BCUT2D eigenvalue weighted by Crippen LogP contribution is -2.10. The van der Waals surface area contributed by atoms with Crippen LogP contribution in [0.25, 0.3) is 0 Å². The van der Waals surface area contributed by atoms with Crippen molar-refractivity contribution in [1.82, 2.24) is 3.97 Å². The number of benzene rings is 1. The van der Waals surface area contributed by atoms with Gasteiger partial charge in [0.05, 0.1) is 27.9 Å². The van der Waals surface area contributed by atoms with Crippen molar-refractivity contribution in [3.63, 3.8) is 0 Å². The van der Waals surface area contributed by atoms with Gasteiger partial charge in [0.25, 0.3) is 10.0 Å². The maximum Gasteiger partial charge on any atom is 0.267 e. The zero-order valence-corrected chi connectivity index (χ0v) is 22.4. The summed E-state index contributed by atoms with van der Waals surface area (Å²) in [5.74, 6) is 1.81. The Morgan fingerprint density at radius 1 is 0.968 bits per heavy atom. The van der Waals surface area contributed by atoms with Crippen LogP contribution in [0, 0.1) is 18.3 Å². The molecule has 0 bridgehead atoms. The Balaban J connectivity index is 1.51. The van der Waals surface area contributed by atoms with Gasteiger partial charge in [0.2, 0.25) is 0 Å². The molecule has 162 valence electrons. The number of nitriles is 1. The molecular weight excluding hydrogens is 525 g/mol. The smallest absolute Gasteiger partial charge is 0.247 e. The molecule has 2 aromatic rings. The minimum atomic E-state index is -3.59. The van der Waals surface area contributed by atoms with Gasteiger partial charge in [0.15, 0.2) is 0 Å². The summed E-state index contributed by atoms with van der Waals surface area (Å²) >= 11 is 10.4. The van der Waals surface area contributed by atoms with Crippen LogP contribution in [-0.4, -0.2) is 23.9 Å². The highest BCUT2D eigenvalue weighted by Gasteiger charge is 2.31. The van der Waals surface area contributed by atoms with Crippen LogP contribution < -0.4 is 0 Å². The highest BCUT2D eigenvalue weighted by Crippen LogP contribution is 2.64. The van der Waals surface area contributed by atoms with Gasteiger partial charge in [-0.3, -0.25) is 0 Å². The van der Waals surface area contributed by atoms with E-state index in [1.54, 1.807) is 83.3 Å². The molecule has 0 saturated carbocycles. The van der Waals surface area contributed by atoms with E-state index in [0.29, 0.717) is 11.3 Å². The van der Waals surface area contributed by atoms with Crippen molar-refractivity contribution in [2.45, 2.75) is 35.0 Å². The molecule has 0 N–H and O–H groups in total. The number of thioether (sulfide) groups is 6. The Bertz CT molecular complexity index is 1180. The van der Waals surface area contributed by atoms with E-state index < -0.39 is 10.0 Å². The van der Waals surface area contributed by atoms with E-state index in [9.17, 15) is 8.42 Å². The van der Waals surface area contributed by atoms with Gasteiger partial charge in [-0.05, 0) is 24.8 Å². The molecule has 0 aliphatic carbocycles. The average molecular weight is 543 g/mol. The lowest BCUT2D eigenvalue weighted by atomic mass is 10.2. The predicted octanol–water partition coefficient (Wildman–Crippen LogP) is 7.36. The number of aromatic nitrogens is 1. The van der Waals surface area contributed by atoms with E-state index in [-0.39, 0.29) is 0 Å². The van der Waals surface area contributed by atoms with E-state index in [1.165, 1.54) is 20.9 Å².